The zero-order chi connectivity index (χ0) is 18.1. The summed E-state index contributed by atoms with van der Waals surface area (Å²) in [7, 11) is 0. The van der Waals surface area contributed by atoms with Gasteiger partial charge in [0.25, 0.3) is 0 Å². The molecule has 1 aromatic rings. The molecule has 0 aromatic heterocycles. The molecule has 0 unspecified atom stereocenters. The Balaban J connectivity index is 1.91. The first-order valence-electron chi connectivity index (χ1n) is 9.29. The minimum atomic E-state index is -0.829. The van der Waals surface area contributed by atoms with E-state index in [0.717, 1.165) is 30.6 Å². The van der Waals surface area contributed by atoms with Gasteiger partial charge in [-0.3, -0.25) is 4.79 Å². The zero-order valence-corrected chi connectivity index (χ0v) is 15.3. The number of carbonyl (C=O) groups is 2. The van der Waals surface area contributed by atoms with Crippen LogP contribution in [0.1, 0.15) is 57.9 Å². The van der Waals surface area contributed by atoms with Crippen molar-refractivity contribution in [3.8, 4) is 5.75 Å². The molecule has 0 atom stereocenters. The number of rotatable bonds is 8. The molecule has 5 nitrogen and oxygen atoms in total. The molecule has 0 bridgehead atoms. The number of amides is 1. The second kappa shape index (κ2) is 9.44. The maximum atomic E-state index is 12.4. The maximum Gasteiger partial charge on any atom is 0.331 e. The third-order valence-corrected chi connectivity index (χ3v) is 4.63. The summed E-state index contributed by atoms with van der Waals surface area (Å²) in [6, 6.07) is 7.77. The number of nitrogens with one attached hydrogen (secondary N) is 1. The Hall–Kier alpha value is -2.04. The van der Waals surface area contributed by atoms with Gasteiger partial charge in [0.1, 0.15) is 11.3 Å². The number of hydrogen-bond acceptors (Lipinski definition) is 4. The van der Waals surface area contributed by atoms with E-state index in [2.05, 4.69) is 5.32 Å². The van der Waals surface area contributed by atoms with Crippen molar-refractivity contribution in [1.82, 2.24) is 5.32 Å². The van der Waals surface area contributed by atoms with Gasteiger partial charge in [-0.1, -0.05) is 31.4 Å². The second-order valence-corrected chi connectivity index (χ2v) is 6.49. The maximum absolute atomic E-state index is 12.4. The van der Waals surface area contributed by atoms with Gasteiger partial charge in [0.05, 0.1) is 13.2 Å². The minimum absolute atomic E-state index is 0.0937. The molecular weight excluding hydrogens is 318 g/mol. The summed E-state index contributed by atoms with van der Waals surface area (Å²) >= 11 is 0. The van der Waals surface area contributed by atoms with Gasteiger partial charge in [-0.2, -0.15) is 0 Å². The van der Waals surface area contributed by atoms with Gasteiger partial charge in [0.2, 0.25) is 5.91 Å². The molecule has 1 aliphatic carbocycles. The van der Waals surface area contributed by atoms with E-state index in [1.807, 2.05) is 31.2 Å². The number of esters is 1. The lowest BCUT2D eigenvalue weighted by atomic mass is 9.81. The van der Waals surface area contributed by atoms with Gasteiger partial charge in [-0.05, 0) is 50.8 Å². The normalized spacial score (nSPS) is 16.1. The van der Waals surface area contributed by atoms with Crippen molar-refractivity contribution in [2.24, 2.45) is 0 Å². The van der Waals surface area contributed by atoms with E-state index >= 15 is 0 Å². The molecular formula is C20H29NO4. The summed E-state index contributed by atoms with van der Waals surface area (Å²) in [6.07, 6.45) is 5.31. The molecule has 1 aromatic carbocycles. The van der Waals surface area contributed by atoms with E-state index in [9.17, 15) is 9.59 Å². The van der Waals surface area contributed by atoms with Crippen LogP contribution in [-0.4, -0.2) is 30.6 Å². The Morgan fingerprint density at radius 1 is 1.04 bits per heavy atom. The Labute approximate surface area is 150 Å². The van der Waals surface area contributed by atoms with Crippen LogP contribution in [-0.2, 0) is 20.7 Å². The first-order chi connectivity index (χ1) is 12.1. The number of hydrogen-bond donors (Lipinski definition) is 1. The van der Waals surface area contributed by atoms with E-state index in [-0.39, 0.29) is 11.9 Å². The van der Waals surface area contributed by atoms with Crippen molar-refractivity contribution >= 4 is 11.9 Å². The van der Waals surface area contributed by atoms with Crippen molar-refractivity contribution in [1.29, 1.82) is 0 Å². The van der Waals surface area contributed by atoms with Crippen LogP contribution in [0.2, 0.25) is 0 Å². The predicted molar refractivity (Wildman–Crippen MR) is 96.5 cm³/mol. The van der Waals surface area contributed by atoms with Gasteiger partial charge in [0.15, 0.2) is 0 Å². The number of benzene rings is 1. The molecule has 1 amide bonds. The Morgan fingerprint density at radius 3 is 2.32 bits per heavy atom. The highest BCUT2D eigenvalue weighted by molar-refractivity contribution is 5.88. The molecule has 0 saturated heterocycles. The highest BCUT2D eigenvalue weighted by Gasteiger charge is 2.42. The Morgan fingerprint density at radius 2 is 1.72 bits per heavy atom. The first-order valence-corrected chi connectivity index (χ1v) is 9.29. The van der Waals surface area contributed by atoms with Crippen LogP contribution in [0, 0.1) is 0 Å². The lowest BCUT2D eigenvalue weighted by Gasteiger charge is -2.35. The monoisotopic (exact) mass is 347 g/mol. The largest absolute Gasteiger partial charge is 0.494 e. The zero-order valence-electron chi connectivity index (χ0n) is 15.3. The summed E-state index contributed by atoms with van der Waals surface area (Å²) in [5.74, 6) is 0.451. The van der Waals surface area contributed by atoms with Gasteiger partial charge >= 0.3 is 5.97 Å². The molecule has 0 radical (unpaired) electrons. The van der Waals surface area contributed by atoms with E-state index in [1.54, 1.807) is 6.92 Å². The summed E-state index contributed by atoms with van der Waals surface area (Å²) in [6.45, 7) is 4.71. The van der Waals surface area contributed by atoms with Crippen molar-refractivity contribution in [3.63, 3.8) is 0 Å². The molecule has 1 aliphatic rings. The van der Waals surface area contributed by atoms with E-state index in [1.165, 1.54) is 0 Å². The summed E-state index contributed by atoms with van der Waals surface area (Å²) < 4.78 is 10.6. The number of aryl methyl sites for hydroxylation is 1. The van der Waals surface area contributed by atoms with Crippen molar-refractivity contribution in [3.05, 3.63) is 29.8 Å². The number of ether oxygens (including phenoxy) is 2. The average Bonchev–Trinajstić information content (AvgIpc) is 2.62. The Bertz CT molecular complexity index is 562. The van der Waals surface area contributed by atoms with Gasteiger partial charge in [-0.15, -0.1) is 0 Å². The number of carbonyl (C=O) groups excluding carboxylic acids is 2. The third-order valence-electron chi connectivity index (χ3n) is 4.63. The van der Waals surface area contributed by atoms with Crippen LogP contribution in [0.25, 0.3) is 0 Å². The van der Waals surface area contributed by atoms with Crippen LogP contribution in [0.5, 0.6) is 5.75 Å². The quantitative estimate of drug-likeness (QED) is 0.732. The fourth-order valence-corrected chi connectivity index (χ4v) is 3.31. The summed E-state index contributed by atoms with van der Waals surface area (Å²) in [5, 5.41) is 2.98. The SMILES string of the molecule is CCOC(=O)C1(NC(=O)CCc2ccc(OCC)cc2)CCCCC1. The van der Waals surface area contributed by atoms with Crippen molar-refractivity contribution in [2.45, 2.75) is 64.3 Å². The molecule has 138 valence electrons. The standard InChI is InChI=1S/C20H29NO4/c1-3-24-17-11-8-16(9-12-17)10-13-18(22)21-20(19(23)25-4-2)14-6-5-7-15-20/h8-9,11-12H,3-7,10,13-15H2,1-2H3,(H,21,22). The topological polar surface area (TPSA) is 64.6 Å². The van der Waals surface area contributed by atoms with Crippen LogP contribution >= 0.6 is 0 Å². The van der Waals surface area contributed by atoms with Crippen LogP contribution in [0.15, 0.2) is 24.3 Å². The van der Waals surface area contributed by atoms with Crippen molar-refractivity contribution in [2.75, 3.05) is 13.2 Å². The summed E-state index contributed by atoms with van der Waals surface area (Å²) in [5.41, 5.74) is 0.247. The molecule has 5 heteroatoms. The molecule has 25 heavy (non-hydrogen) atoms. The van der Waals surface area contributed by atoms with E-state index in [4.69, 9.17) is 9.47 Å². The molecule has 1 N–H and O–H groups in total. The first kappa shape index (κ1) is 19.3. The lowest BCUT2D eigenvalue weighted by Crippen LogP contribution is -2.56. The molecule has 0 spiro atoms. The van der Waals surface area contributed by atoms with Crippen molar-refractivity contribution < 1.29 is 19.1 Å². The molecule has 1 saturated carbocycles. The lowest BCUT2D eigenvalue weighted by molar-refractivity contribution is -0.155. The minimum Gasteiger partial charge on any atom is -0.494 e. The molecule has 1 fully saturated rings. The summed E-state index contributed by atoms with van der Waals surface area (Å²) in [4.78, 5) is 24.8. The smallest absolute Gasteiger partial charge is 0.331 e. The van der Waals surface area contributed by atoms with Gasteiger partial charge in [-0.25, -0.2) is 4.79 Å². The fraction of sp³-hybridized carbons (Fsp3) is 0.600. The third kappa shape index (κ3) is 5.48. The highest BCUT2D eigenvalue weighted by Crippen LogP contribution is 2.29. The predicted octanol–water partition coefficient (Wildman–Crippen LogP) is 3.40. The average molecular weight is 347 g/mol. The van der Waals surface area contributed by atoms with E-state index < -0.39 is 5.54 Å². The second-order valence-electron chi connectivity index (χ2n) is 6.49. The fourth-order valence-electron chi connectivity index (χ4n) is 3.31. The van der Waals surface area contributed by atoms with Gasteiger partial charge < -0.3 is 14.8 Å². The van der Waals surface area contributed by atoms with Gasteiger partial charge in [0, 0.05) is 6.42 Å². The molecule has 0 aliphatic heterocycles. The molecule has 0 heterocycles. The van der Waals surface area contributed by atoms with E-state index in [0.29, 0.717) is 38.9 Å². The van der Waals surface area contributed by atoms with Crippen LogP contribution in [0.4, 0.5) is 0 Å². The van der Waals surface area contributed by atoms with Crippen LogP contribution in [0.3, 0.4) is 0 Å². The highest BCUT2D eigenvalue weighted by atomic mass is 16.5. The molecule has 2 rings (SSSR count). The Kier molecular flexibility index (Phi) is 7.29. The van der Waals surface area contributed by atoms with Crippen LogP contribution < -0.4 is 10.1 Å².